The van der Waals surface area contributed by atoms with Crippen molar-refractivity contribution in [3.8, 4) is 0 Å². The average Bonchev–Trinajstić information content (AvgIpc) is 2.16. The summed E-state index contributed by atoms with van der Waals surface area (Å²) in [5, 5.41) is 12.2. The van der Waals surface area contributed by atoms with E-state index in [1.165, 1.54) is 0 Å². The number of nitrogens with zero attached hydrogens (tertiary/aromatic N) is 2. The number of aliphatic hydroxyl groups excluding tert-OH is 1. The molecule has 1 rings (SSSR count). The number of hydrogen-bond acceptors (Lipinski definition) is 5. The van der Waals surface area contributed by atoms with E-state index in [-0.39, 0.29) is 19.4 Å². The molecule has 0 radical (unpaired) electrons. The SMILES string of the molecule is CC(CO)OCn1ncc(=O)[nH]c1=O. The minimum absolute atomic E-state index is 0.0999. The van der Waals surface area contributed by atoms with Crippen molar-refractivity contribution in [2.24, 2.45) is 0 Å². The monoisotopic (exact) mass is 201 g/mol. The maximum Gasteiger partial charge on any atom is 0.346 e. The summed E-state index contributed by atoms with van der Waals surface area (Å²) in [6.45, 7) is 1.41. The predicted octanol–water partition coefficient (Wildman–Crippen LogP) is -1.71. The highest BCUT2D eigenvalue weighted by Gasteiger charge is 2.02. The van der Waals surface area contributed by atoms with E-state index in [1.54, 1.807) is 6.92 Å². The van der Waals surface area contributed by atoms with Crippen LogP contribution in [0.25, 0.3) is 0 Å². The summed E-state index contributed by atoms with van der Waals surface area (Å²) in [6, 6.07) is 0. The number of aliphatic hydroxyl groups is 1. The molecule has 0 fully saturated rings. The lowest BCUT2D eigenvalue weighted by Gasteiger charge is -2.09. The number of rotatable bonds is 4. The highest BCUT2D eigenvalue weighted by atomic mass is 16.5. The molecule has 14 heavy (non-hydrogen) atoms. The molecule has 1 heterocycles. The van der Waals surface area contributed by atoms with E-state index < -0.39 is 11.2 Å². The highest BCUT2D eigenvalue weighted by molar-refractivity contribution is 4.68. The van der Waals surface area contributed by atoms with Crippen molar-refractivity contribution in [2.45, 2.75) is 19.8 Å². The summed E-state index contributed by atoms with van der Waals surface area (Å²) in [6.07, 6.45) is 0.601. The van der Waals surface area contributed by atoms with Crippen molar-refractivity contribution in [1.82, 2.24) is 14.8 Å². The molecule has 0 amide bonds. The Morgan fingerprint density at radius 1 is 1.71 bits per heavy atom. The summed E-state index contributed by atoms with van der Waals surface area (Å²) in [5.41, 5.74) is -1.19. The third-order valence-electron chi connectivity index (χ3n) is 1.52. The molecule has 7 heteroatoms. The molecular weight excluding hydrogens is 190 g/mol. The Kier molecular flexibility index (Phi) is 3.55. The number of hydrogen-bond donors (Lipinski definition) is 2. The Balaban J connectivity index is 2.68. The van der Waals surface area contributed by atoms with E-state index in [2.05, 4.69) is 5.10 Å². The fourth-order valence-electron chi connectivity index (χ4n) is 0.719. The number of nitrogens with one attached hydrogen (secondary N) is 1. The van der Waals surface area contributed by atoms with Crippen molar-refractivity contribution >= 4 is 0 Å². The summed E-state index contributed by atoms with van der Waals surface area (Å²) >= 11 is 0. The maximum absolute atomic E-state index is 11.0. The van der Waals surface area contributed by atoms with Crippen molar-refractivity contribution < 1.29 is 9.84 Å². The summed E-state index contributed by atoms with van der Waals surface area (Å²) in [4.78, 5) is 23.7. The van der Waals surface area contributed by atoms with E-state index >= 15 is 0 Å². The molecule has 2 N–H and O–H groups in total. The van der Waals surface area contributed by atoms with Crippen molar-refractivity contribution in [2.75, 3.05) is 6.61 Å². The molecule has 0 saturated carbocycles. The van der Waals surface area contributed by atoms with Gasteiger partial charge in [-0.05, 0) is 6.92 Å². The zero-order valence-corrected chi connectivity index (χ0v) is 7.64. The quantitative estimate of drug-likeness (QED) is 0.604. The molecule has 0 aromatic carbocycles. The topological polar surface area (TPSA) is 97.2 Å². The van der Waals surface area contributed by atoms with Gasteiger partial charge in [0.15, 0.2) is 0 Å². The molecule has 0 bridgehead atoms. The normalized spacial score (nSPS) is 12.7. The molecule has 1 aromatic rings. The van der Waals surface area contributed by atoms with Crippen LogP contribution in [0.3, 0.4) is 0 Å². The number of aromatic nitrogens is 3. The smallest absolute Gasteiger partial charge is 0.346 e. The van der Waals surface area contributed by atoms with Crippen LogP contribution < -0.4 is 11.2 Å². The minimum atomic E-state index is -0.636. The minimum Gasteiger partial charge on any atom is -0.394 e. The van der Waals surface area contributed by atoms with E-state index in [4.69, 9.17) is 9.84 Å². The van der Waals surface area contributed by atoms with Gasteiger partial charge >= 0.3 is 5.69 Å². The van der Waals surface area contributed by atoms with Crippen LogP contribution >= 0.6 is 0 Å². The summed E-state index contributed by atoms with van der Waals surface area (Å²) in [7, 11) is 0. The first-order valence-electron chi connectivity index (χ1n) is 4.02. The van der Waals surface area contributed by atoms with Gasteiger partial charge < -0.3 is 9.84 Å². The lowest BCUT2D eigenvalue weighted by Crippen LogP contribution is -2.33. The molecule has 0 saturated heterocycles. The molecule has 7 nitrogen and oxygen atoms in total. The van der Waals surface area contributed by atoms with Crippen LogP contribution in [-0.2, 0) is 11.5 Å². The van der Waals surface area contributed by atoms with Crippen LogP contribution in [0.15, 0.2) is 15.8 Å². The Morgan fingerprint density at radius 2 is 2.43 bits per heavy atom. The Hall–Kier alpha value is -1.47. The molecular formula is C7H11N3O4. The van der Waals surface area contributed by atoms with E-state index in [1.807, 2.05) is 4.98 Å². The standard InChI is InChI=1S/C7H11N3O4/c1-5(3-11)14-4-10-7(13)9-6(12)2-8-10/h2,5,11H,3-4H2,1H3,(H,9,12,13). The summed E-state index contributed by atoms with van der Waals surface area (Å²) < 4.78 is 5.98. The first-order chi connectivity index (χ1) is 6.63. The number of aromatic amines is 1. The number of ether oxygens (including phenoxy) is 1. The molecule has 0 aliphatic heterocycles. The van der Waals surface area contributed by atoms with Gasteiger partial charge in [0.05, 0.1) is 12.7 Å². The van der Waals surface area contributed by atoms with Gasteiger partial charge in [-0.2, -0.15) is 9.78 Å². The third kappa shape index (κ3) is 2.79. The van der Waals surface area contributed by atoms with E-state index in [0.717, 1.165) is 10.9 Å². The number of H-pyrrole nitrogens is 1. The van der Waals surface area contributed by atoms with Crippen LogP contribution in [0.4, 0.5) is 0 Å². The fourth-order valence-corrected chi connectivity index (χ4v) is 0.719. The van der Waals surface area contributed by atoms with Gasteiger partial charge in [-0.15, -0.1) is 0 Å². The second-order valence-corrected chi connectivity index (χ2v) is 2.73. The third-order valence-corrected chi connectivity index (χ3v) is 1.52. The van der Waals surface area contributed by atoms with Gasteiger partial charge in [-0.3, -0.25) is 9.78 Å². The molecule has 1 aromatic heterocycles. The van der Waals surface area contributed by atoms with Crippen molar-refractivity contribution in [1.29, 1.82) is 0 Å². The van der Waals surface area contributed by atoms with Crippen molar-refractivity contribution in [3.63, 3.8) is 0 Å². The van der Waals surface area contributed by atoms with Crippen LogP contribution in [0.5, 0.6) is 0 Å². The molecule has 78 valence electrons. The van der Waals surface area contributed by atoms with Gasteiger partial charge in [0.2, 0.25) is 0 Å². The van der Waals surface area contributed by atoms with Crippen molar-refractivity contribution in [3.05, 3.63) is 27.0 Å². The van der Waals surface area contributed by atoms with Crippen LogP contribution in [0, 0.1) is 0 Å². The zero-order valence-electron chi connectivity index (χ0n) is 7.64. The van der Waals surface area contributed by atoms with Gasteiger partial charge in [0, 0.05) is 0 Å². The Labute approximate surface area is 79.0 Å². The van der Waals surface area contributed by atoms with Gasteiger partial charge in [0.1, 0.15) is 12.9 Å². The lowest BCUT2D eigenvalue weighted by molar-refractivity contribution is -0.0203. The summed E-state index contributed by atoms with van der Waals surface area (Å²) in [5.74, 6) is 0. The Morgan fingerprint density at radius 3 is 3.00 bits per heavy atom. The second kappa shape index (κ2) is 4.68. The van der Waals surface area contributed by atoms with Gasteiger partial charge in [-0.25, -0.2) is 4.79 Å². The predicted molar refractivity (Wildman–Crippen MR) is 46.8 cm³/mol. The van der Waals surface area contributed by atoms with Crippen LogP contribution in [0.1, 0.15) is 6.92 Å². The molecule has 0 spiro atoms. The van der Waals surface area contributed by atoms with E-state index in [9.17, 15) is 9.59 Å². The molecule has 0 aliphatic carbocycles. The zero-order chi connectivity index (χ0) is 10.6. The first-order valence-corrected chi connectivity index (χ1v) is 4.02. The second-order valence-electron chi connectivity index (χ2n) is 2.73. The average molecular weight is 201 g/mol. The van der Waals surface area contributed by atoms with E-state index in [0.29, 0.717) is 0 Å². The van der Waals surface area contributed by atoms with Gasteiger partial charge in [-0.1, -0.05) is 0 Å². The largest absolute Gasteiger partial charge is 0.394 e. The van der Waals surface area contributed by atoms with Crippen LogP contribution in [0.2, 0.25) is 0 Å². The molecule has 1 atom stereocenters. The highest BCUT2D eigenvalue weighted by Crippen LogP contribution is 1.88. The molecule has 1 unspecified atom stereocenters. The molecule has 0 aliphatic rings. The fraction of sp³-hybridized carbons (Fsp3) is 0.571. The lowest BCUT2D eigenvalue weighted by atomic mass is 10.4. The Bertz CT molecular complexity index is 396. The van der Waals surface area contributed by atoms with Crippen LogP contribution in [-0.4, -0.2) is 32.6 Å². The first kappa shape index (κ1) is 10.6. The maximum atomic E-state index is 11.0. The van der Waals surface area contributed by atoms with Gasteiger partial charge in [0.25, 0.3) is 5.56 Å².